The Morgan fingerprint density at radius 3 is 2.54 bits per heavy atom. The van der Waals surface area contributed by atoms with Crippen molar-refractivity contribution < 1.29 is 28.3 Å². The number of fused-ring (bicyclic) bond motifs is 5. The van der Waals surface area contributed by atoms with E-state index in [0.29, 0.717) is 5.69 Å². The molecule has 0 bridgehead atoms. The highest BCUT2D eigenvalue weighted by Crippen LogP contribution is 2.61. The third-order valence-electron chi connectivity index (χ3n) is 7.62. The van der Waals surface area contributed by atoms with Gasteiger partial charge in [-0.3, -0.25) is 19.3 Å². The summed E-state index contributed by atoms with van der Waals surface area (Å²) in [4.78, 5) is 41.2. The Balaban J connectivity index is 1.49. The van der Waals surface area contributed by atoms with Crippen molar-refractivity contribution in [3.8, 4) is 0 Å². The number of halogens is 4. The molecule has 3 aliphatic heterocycles. The molecule has 2 amide bonds. The van der Waals surface area contributed by atoms with Crippen molar-refractivity contribution in [2.45, 2.75) is 23.9 Å². The third-order valence-corrected chi connectivity index (χ3v) is 8.14. The minimum Gasteiger partial charge on any atom is -0.481 e. The summed E-state index contributed by atoms with van der Waals surface area (Å²) in [5.41, 5.74) is -1.53. The highest BCUT2D eigenvalue weighted by molar-refractivity contribution is 6.38. The Bertz CT molecular complexity index is 1520. The molecular weight excluding hydrogens is 527 g/mol. The number of carboxylic acids is 1. The van der Waals surface area contributed by atoms with Gasteiger partial charge in [-0.05, 0) is 35.0 Å². The van der Waals surface area contributed by atoms with Crippen LogP contribution in [-0.2, 0) is 19.9 Å². The van der Waals surface area contributed by atoms with E-state index in [1.807, 2.05) is 24.3 Å². The first-order chi connectivity index (χ1) is 17.5. The van der Waals surface area contributed by atoms with E-state index in [1.165, 1.54) is 12.1 Å². The van der Waals surface area contributed by atoms with Crippen LogP contribution in [0.25, 0.3) is 10.8 Å². The van der Waals surface area contributed by atoms with E-state index in [1.54, 1.807) is 18.2 Å². The number of benzene rings is 3. The van der Waals surface area contributed by atoms with Crippen LogP contribution in [-0.4, -0.2) is 46.3 Å². The van der Waals surface area contributed by atoms with E-state index in [9.17, 15) is 28.3 Å². The van der Waals surface area contributed by atoms with Gasteiger partial charge in [-0.2, -0.15) is 0 Å². The summed E-state index contributed by atoms with van der Waals surface area (Å²) in [6.07, 6.45) is -0.773. The number of nitrogens with one attached hydrogen (secondary N) is 2. The van der Waals surface area contributed by atoms with E-state index in [-0.39, 0.29) is 21.3 Å². The van der Waals surface area contributed by atoms with E-state index in [2.05, 4.69) is 10.6 Å². The van der Waals surface area contributed by atoms with E-state index < -0.39 is 60.1 Å². The lowest BCUT2D eigenvalue weighted by atomic mass is 9.73. The van der Waals surface area contributed by atoms with Crippen molar-refractivity contribution in [3.63, 3.8) is 0 Å². The molecule has 4 atom stereocenters. The van der Waals surface area contributed by atoms with Gasteiger partial charge in [0, 0.05) is 28.7 Å². The zero-order valence-corrected chi connectivity index (χ0v) is 20.5. The molecule has 0 aromatic heterocycles. The maximum absolute atomic E-state index is 14.8. The number of aliphatic carboxylic acids is 1. The summed E-state index contributed by atoms with van der Waals surface area (Å²) < 4.78 is 29.7. The van der Waals surface area contributed by atoms with Crippen molar-refractivity contribution in [1.29, 1.82) is 0 Å². The number of carbonyl (C=O) groups is 3. The molecule has 1 spiro atoms. The van der Waals surface area contributed by atoms with Crippen molar-refractivity contribution in [2.24, 2.45) is 11.8 Å². The van der Waals surface area contributed by atoms with Crippen molar-refractivity contribution in [1.82, 2.24) is 4.90 Å². The van der Waals surface area contributed by atoms with E-state index in [0.717, 1.165) is 15.7 Å². The van der Waals surface area contributed by atoms with Gasteiger partial charge in [-0.1, -0.05) is 53.5 Å². The van der Waals surface area contributed by atoms with Crippen molar-refractivity contribution >= 4 is 63.1 Å². The van der Waals surface area contributed by atoms with Crippen LogP contribution >= 0.6 is 23.2 Å². The fourth-order valence-electron chi connectivity index (χ4n) is 6.29. The van der Waals surface area contributed by atoms with Gasteiger partial charge in [0.05, 0.1) is 23.2 Å². The average molecular weight is 546 g/mol. The lowest BCUT2D eigenvalue weighted by Gasteiger charge is -2.35. The SMILES string of the molecule is O=C(O)C1[C@@H](C(=O)Nc2ccc3ccccc3c2)[C@H]2CC(F)(F)CN2[C@]12C(=O)Nc1c(Cl)cc(Cl)cc12. The highest BCUT2D eigenvalue weighted by atomic mass is 35.5. The lowest BCUT2D eigenvalue weighted by Crippen LogP contribution is -2.54. The highest BCUT2D eigenvalue weighted by Gasteiger charge is 2.74. The number of hydrogen-bond acceptors (Lipinski definition) is 4. The molecule has 0 radical (unpaired) electrons. The van der Waals surface area contributed by atoms with Crippen LogP contribution in [0.4, 0.5) is 20.2 Å². The summed E-state index contributed by atoms with van der Waals surface area (Å²) in [6.45, 7) is -0.891. The molecular formula is C26H19Cl2F2N3O4. The maximum atomic E-state index is 14.8. The largest absolute Gasteiger partial charge is 0.481 e. The van der Waals surface area contributed by atoms with Gasteiger partial charge < -0.3 is 15.7 Å². The first kappa shape index (κ1) is 24.1. The van der Waals surface area contributed by atoms with Crippen LogP contribution in [0.5, 0.6) is 0 Å². The molecule has 6 rings (SSSR count). The molecule has 11 heteroatoms. The van der Waals surface area contributed by atoms with Crippen LogP contribution in [0.3, 0.4) is 0 Å². The Kier molecular flexibility index (Phi) is 5.28. The van der Waals surface area contributed by atoms with Crippen molar-refractivity contribution in [3.05, 3.63) is 70.2 Å². The first-order valence-electron chi connectivity index (χ1n) is 11.5. The standard InChI is InChI=1S/C26H19Cl2F2N3O4/c27-14-8-16-21(17(28)9-14)32-24(37)26(16)20(23(35)36)19(18-10-25(29,30)11-33(18)26)22(34)31-15-6-5-12-3-1-2-4-13(12)7-15/h1-9,18-20H,10-11H2,(H,31,34)(H,32,37)(H,35,36)/t18-,19+,20?,26+/m1/s1. The Hall–Kier alpha value is -3.27. The minimum atomic E-state index is -3.24. The van der Waals surface area contributed by atoms with E-state index in [4.69, 9.17) is 23.2 Å². The summed E-state index contributed by atoms with van der Waals surface area (Å²) >= 11 is 12.5. The third kappa shape index (κ3) is 3.44. The van der Waals surface area contributed by atoms with Crippen LogP contribution in [0.2, 0.25) is 10.0 Å². The monoisotopic (exact) mass is 545 g/mol. The van der Waals surface area contributed by atoms with Gasteiger partial charge in [0.25, 0.3) is 11.8 Å². The Labute approximate surface area is 219 Å². The molecule has 2 fully saturated rings. The molecule has 3 aromatic carbocycles. The van der Waals surface area contributed by atoms with Gasteiger partial charge in [-0.25, -0.2) is 8.78 Å². The van der Waals surface area contributed by atoms with Crippen LogP contribution in [0.15, 0.2) is 54.6 Å². The quantitative estimate of drug-likeness (QED) is 0.431. The molecule has 37 heavy (non-hydrogen) atoms. The molecule has 2 saturated heterocycles. The summed E-state index contributed by atoms with van der Waals surface area (Å²) in [5, 5.41) is 17.6. The lowest BCUT2D eigenvalue weighted by molar-refractivity contribution is -0.153. The predicted molar refractivity (Wildman–Crippen MR) is 134 cm³/mol. The van der Waals surface area contributed by atoms with Crippen LogP contribution in [0, 0.1) is 11.8 Å². The van der Waals surface area contributed by atoms with Gasteiger partial charge >= 0.3 is 5.97 Å². The number of rotatable bonds is 3. The average Bonchev–Trinajstić information content (AvgIpc) is 3.40. The number of anilines is 2. The predicted octanol–water partition coefficient (Wildman–Crippen LogP) is 4.97. The normalized spacial score (nSPS) is 27.8. The van der Waals surface area contributed by atoms with Crippen molar-refractivity contribution in [2.75, 3.05) is 17.2 Å². The molecule has 0 aliphatic carbocycles. The fourth-order valence-corrected chi connectivity index (χ4v) is 6.83. The molecule has 3 aromatic rings. The molecule has 3 N–H and O–H groups in total. The van der Waals surface area contributed by atoms with Gasteiger partial charge in [0.2, 0.25) is 5.91 Å². The molecule has 1 unspecified atom stereocenters. The van der Waals surface area contributed by atoms with Gasteiger partial charge in [0.15, 0.2) is 0 Å². The zero-order chi connectivity index (χ0) is 26.3. The molecule has 7 nitrogen and oxygen atoms in total. The topological polar surface area (TPSA) is 98.7 Å². The molecule has 190 valence electrons. The van der Waals surface area contributed by atoms with Crippen LogP contribution < -0.4 is 10.6 Å². The number of carboxylic acid groups (broad SMARTS) is 1. The number of amides is 2. The first-order valence-corrected chi connectivity index (χ1v) is 12.3. The minimum absolute atomic E-state index is 0.0448. The van der Waals surface area contributed by atoms with Crippen LogP contribution in [0.1, 0.15) is 12.0 Å². The zero-order valence-electron chi connectivity index (χ0n) is 19.0. The maximum Gasteiger partial charge on any atom is 0.310 e. The number of nitrogens with zero attached hydrogens (tertiary/aromatic N) is 1. The second-order valence-electron chi connectivity index (χ2n) is 9.68. The second kappa shape index (κ2) is 8.11. The number of alkyl halides is 2. The van der Waals surface area contributed by atoms with Gasteiger partial charge in [0.1, 0.15) is 11.5 Å². The smallest absolute Gasteiger partial charge is 0.310 e. The van der Waals surface area contributed by atoms with Gasteiger partial charge in [-0.15, -0.1) is 0 Å². The fraction of sp³-hybridized carbons (Fsp3) is 0.269. The number of carbonyl (C=O) groups excluding carboxylic acids is 2. The Morgan fingerprint density at radius 2 is 1.81 bits per heavy atom. The summed E-state index contributed by atoms with van der Waals surface area (Å²) in [5.74, 6) is -9.44. The summed E-state index contributed by atoms with van der Waals surface area (Å²) in [6, 6.07) is 14.1. The van der Waals surface area contributed by atoms with E-state index >= 15 is 0 Å². The summed E-state index contributed by atoms with van der Waals surface area (Å²) in [7, 11) is 0. The molecule has 0 saturated carbocycles. The number of hydrogen-bond donors (Lipinski definition) is 3. The second-order valence-corrected chi connectivity index (χ2v) is 10.5. The Morgan fingerprint density at radius 1 is 1.08 bits per heavy atom. The molecule has 3 heterocycles. The molecule has 3 aliphatic rings.